The SMILES string of the molecule is CNC1CCCCC1OCCN1CCCC1. The zero-order chi connectivity index (χ0) is 11.2. The molecule has 1 aliphatic heterocycles. The van der Waals surface area contributed by atoms with Crippen LogP contribution in [0.25, 0.3) is 0 Å². The van der Waals surface area contributed by atoms with Crippen LogP contribution >= 0.6 is 0 Å². The first kappa shape index (κ1) is 12.3. The van der Waals surface area contributed by atoms with E-state index in [9.17, 15) is 0 Å². The number of hydrogen-bond acceptors (Lipinski definition) is 3. The van der Waals surface area contributed by atoms with Crippen molar-refractivity contribution in [2.75, 3.05) is 33.3 Å². The first-order valence-corrected chi connectivity index (χ1v) is 6.91. The first-order valence-electron chi connectivity index (χ1n) is 6.91. The molecule has 1 aliphatic carbocycles. The fourth-order valence-corrected chi connectivity index (χ4v) is 2.97. The van der Waals surface area contributed by atoms with Crippen LogP contribution in [0.2, 0.25) is 0 Å². The first-order chi connectivity index (χ1) is 7.90. The molecule has 2 fully saturated rings. The Morgan fingerprint density at radius 3 is 2.62 bits per heavy atom. The Morgan fingerprint density at radius 1 is 1.12 bits per heavy atom. The molecule has 94 valence electrons. The van der Waals surface area contributed by atoms with Crippen LogP contribution < -0.4 is 5.32 Å². The molecule has 16 heavy (non-hydrogen) atoms. The highest BCUT2D eigenvalue weighted by atomic mass is 16.5. The highest BCUT2D eigenvalue weighted by Gasteiger charge is 2.24. The monoisotopic (exact) mass is 226 g/mol. The third kappa shape index (κ3) is 3.44. The van der Waals surface area contributed by atoms with Gasteiger partial charge >= 0.3 is 0 Å². The van der Waals surface area contributed by atoms with Crippen LogP contribution in [-0.2, 0) is 4.74 Å². The van der Waals surface area contributed by atoms with Gasteiger partial charge in [0.05, 0.1) is 12.7 Å². The van der Waals surface area contributed by atoms with Gasteiger partial charge < -0.3 is 15.0 Å². The molecule has 2 atom stereocenters. The molecule has 3 heteroatoms. The second kappa shape index (κ2) is 6.58. The van der Waals surface area contributed by atoms with Crippen molar-refractivity contribution in [1.29, 1.82) is 0 Å². The van der Waals surface area contributed by atoms with E-state index >= 15 is 0 Å². The maximum Gasteiger partial charge on any atom is 0.0728 e. The Morgan fingerprint density at radius 2 is 1.88 bits per heavy atom. The molecular formula is C13H26N2O. The zero-order valence-corrected chi connectivity index (χ0v) is 10.6. The van der Waals surface area contributed by atoms with Gasteiger partial charge in [0, 0.05) is 12.6 Å². The van der Waals surface area contributed by atoms with Gasteiger partial charge in [-0.3, -0.25) is 0 Å². The maximum atomic E-state index is 6.04. The van der Waals surface area contributed by atoms with Crippen LogP contribution in [0, 0.1) is 0 Å². The lowest BCUT2D eigenvalue weighted by atomic mass is 9.92. The lowest BCUT2D eigenvalue weighted by molar-refractivity contribution is -0.000616. The zero-order valence-electron chi connectivity index (χ0n) is 10.6. The van der Waals surface area contributed by atoms with Crippen LogP contribution in [0.4, 0.5) is 0 Å². The standard InChI is InChI=1S/C13H26N2O/c1-14-12-6-2-3-7-13(12)16-11-10-15-8-4-5-9-15/h12-14H,2-11H2,1H3. The van der Waals surface area contributed by atoms with Gasteiger partial charge in [0.1, 0.15) is 0 Å². The number of ether oxygens (including phenoxy) is 1. The Kier molecular flexibility index (Phi) is 5.07. The normalized spacial score (nSPS) is 32.1. The van der Waals surface area contributed by atoms with Gasteiger partial charge in [0.25, 0.3) is 0 Å². The molecule has 1 saturated heterocycles. The van der Waals surface area contributed by atoms with E-state index in [1.54, 1.807) is 0 Å². The summed E-state index contributed by atoms with van der Waals surface area (Å²) in [5.74, 6) is 0. The molecule has 2 unspecified atom stereocenters. The fourth-order valence-electron chi connectivity index (χ4n) is 2.97. The Labute approximate surface area is 99.5 Å². The van der Waals surface area contributed by atoms with Gasteiger partial charge in [-0.15, -0.1) is 0 Å². The van der Waals surface area contributed by atoms with Crippen molar-refractivity contribution in [3.8, 4) is 0 Å². The molecule has 1 heterocycles. The van der Waals surface area contributed by atoms with Crippen LogP contribution in [0.15, 0.2) is 0 Å². The maximum absolute atomic E-state index is 6.04. The summed E-state index contributed by atoms with van der Waals surface area (Å²) < 4.78 is 6.04. The summed E-state index contributed by atoms with van der Waals surface area (Å²) in [5, 5.41) is 3.39. The molecule has 0 aromatic heterocycles. The van der Waals surface area contributed by atoms with Crippen molar-refractivity contribution in [3.63, 3.8) is 0 Å². The largest absolute Gasteiger partial charge is 0.375 e. The minimum absolute atomic E-state index is 0.460. The van der Waals surface area contributed by atoms with E-state index in [2.05, 4.69) is 17.3 Å². The van der Waals surface area contributed by atoms with Gasteiger partial charge in [-0.05, 0) is 45.8 Å². The Hall–Kier alpha value is -0.120. The van der Waals surface area contributed by atoms with Crippen LogP contribution in [0.5, 0.6) is 0 Å². The second-order valence-electron chi connectivity index (χ2n) is 5.14. The summed E-state index contributed by atoms with van der Waals surface area (Å²) >= 11 is 0. The quantitative estimate of drug-likeness (QED) is 0.771. The smallest absolute Gasteiger partial charge is 0.0728 e. The Balaban J connectivity index is 1.63. The molecule has 0 amide bonds. The van der Waals surface area contributed by atoms with E-state index in [-0.39, 0.29) is 0 Å². The summed E-state index contributed by atoms with van der Waals surface area (Å²) in [6.45, 7) is 4.61. The third-order valence-electron chi connectivity index (χ3n) is 4.01. The number of hydrogen-bond donors (Lipinski definition) is 1. The highest BCUT2D eigenvalue weighted by molar-refractivity contribution is 4.80. The molecule has 3 nitrogen and oxygen atoms in total. The van der Waals surface area contributed by atoms with Crippen molar-refractivity contribution in [2.45, 2.75) is 50.7 Å². The van der Waals surface area contributed by atoms with Crippen molar-refractivity contribution >= 4 is 0 Å². The average molecular weight is 226 g/mol. The van der Waals surface area contributed by atoms with Crippen LogP contribution in [0.3, 0.4) is 0 Å². The molecule has 0 radical (unpaired) electrons. The van der Waals surface area contributed by atoms with Gasteiger partial charge in [-0.25, -0.2) is 0 Å². The molecular weight excluding hydrogens is 200 g/mol. The summed E-state index contributed by atoms with van der Waals surface area (Å²) in [7, 11) is 2.06. The molecule has 1 N–H and O–H groups in total. The lowest BCUT2D eigenvalue weighted by Gasteiger charge is -2.31. The molecule has 0 bridgehead atoms. The molecule has 2 rings (SSSR count). The number of rotatable bonds is 5. The summed E-state index contributed by atoms with van der Waals surface area (Å²) in [6.07, 6.45) is 8.44. The van der Waals surface area contributed by atoms with E-state index in [0.717, 1.165) is 13.2 Å². The summed E-state index contributed by atoms with van der Waals surface area (Å²) in [5.41, 5.74) is 0. The predicted molar refractivity (Wildman–Crippen MR) is 66.7 cm³/mol. The minimum atomic E-state index is 0.460. The van der Waals surface area contributed by atoms with Crippen molar-refractivity contribution < 1.29 is 4.74 Å². The fraction of sp³-hybridized carbons (Fsp3) is 1.00. The second-order valence-corrected chi connectivity index (χ2v) is 5.14. The third-order valence-corrected chi connectivity index (χ3v) is 4.01. The minimum Gasteiger partial charge on any atom is -0.375 e. The van der Waals surface area contributed by atoms with E-state index in [1.165, 1.54) is 51.6 Å². The molecule has 2 aliphatic rings. The van der Waals surface area contributed by atoms with Crippen LogP contribution in [-0.4, -0.2) is 50.3 Å². The van der Waals surface area contributed by atoms with Gasteiger partial charge in [-0.1, -0.05) is 12.8 Å². The molecule has 1 saturated carbocycles. The van der Waals surface area contributed by atoms with Gasteiger partial charge in [0.2, 0.25) is 0 Å². The van der Waals surface area contributed by atoms with E-state index in [0.29, 0.717) is 12.1 Å². The summed E-state index contributed by atoms with van der Waals surface area (Å²) in [4.78, 5) is 2.53. The van der Waals surface area contributed by atoms with Crippen molar-refractivity contribution in [1.82, 2.24) is 10.2 Å². The molecule has 0 aromatic carbocycles. The molecule has 0 spiro atoms. The molecule has 0 aromatic rings. The number of nitrogens with one attached hydrogen (secondary N) is 1. The van der Waals surface area contributed by atoms with E-state index in [1.807, 2.05) is 0 Å². The van der Waals surface area contributed by atoms with Crippen molar-refractivity contribution in [2.24, 2.45) is 0 Å². The Bertz CT molecular complexity index is 192. The van der Waals surface area contributed by atoms with Crippen LogP contribution in [0.1, 0.15) is 38.5 Å². The lowest BCUT2D eigenvalue weighted by Crippen LogP contribution is -2.42. The number of likely N-dealkylation sites (tertiary alicyclic amines) is 1. The number of nitrogens with zero attached hydrogens (tertiary/aromatic N) is 1. The highest BCUT2D eigenvalue weighted by Crippen LogP contribution is 2.21. The van der Waals surface area contributed by atoms with Gasteiger partial charge in [-0.2, -0.15) is 0 Å². The predicted octanol–water partition coefficient (Wildman–Crippen LogP) is 1.63. The van der Waals surface area contributed by atoms with E-state index < -0.39 is 0 Å². The summed E-state index contributed by atoms with van der Waals surface area (Å²) in [6, 6.07) is 0.590. The van der Waals surface area contributed by atoms with Gasteiger partial charge in [0.15, 0.2) is 0 Å². The van der Waals surface area contributed by atoms with Crippen molar-refractivity contribution in [3.05, 3.63) is 0 Å². The average Bonchev–Trinajstić information content (AvgIpc) is 2.83. The topological polar surface area (TPSA) is 24.5 Å². The number of likely N-dealkylation sites (N-methyl/N-ethyl adjacent to an activating group) is 1. The van der Waals surface area contributed by atoms with E-state index in [4.69, 9.17) is 4.74 Å².